The summed E-state index contributed by atoms with van der Waals surface area (Å²) in [5.41, 5.74) is 0. The van der Waals surface area contributed by atoms with Gasteiger partial charge in [-0.05, 0) is 128 Å². The Labute approximate surface area is 431 Å². The Morgan fingerprint density at radius 2 is 0.557 bits per heavy atom. The van der Waals surface area contributed by atoms with Crippen molar-refractivity contribution in [2.75, 3.05) is 13.2 Å². The molecular formula is C64H104O6. The minimum Gasteiger partial charge on any atom is -0.462 e. The van der Waals surface area contributed by atoms with Gasteiger partial charge in [0.05, 0.1) is 0 Å². The molecule has 0 spiro atoms. The lowest BCUT2D eigenvalue weighted by molar-refractivity contribution is -0.167. The zero-order valence-electron chi connectivity index (χ0n) is 45.2. The number of hydrogen-bond acceptors (Lipinski definition) is 6. The number of carbonyl (C=O) groups excluding carboxylic acids is 3. The molecule has 1 atom stereocenters. The third-order valence-corrected chi connectivity index (χ3v) is 11.7. The summed E-state index contributed by atoms with van der Waals surface area (Å²) < 4.78 is 16.8. The van der Waals surface area contributed by atoms with Gasteiger partial charge in [0.15, 0.2) is 6.10 Å². The first kappa shape index (κ1) is 65.8. The zero-order valence-corrected chi connectivity index (χ0v) is 45.2. The Morgan fingerprint density at radius 3 is 0.929 bits per heavy atom. The van der Waals surface area contributed by atoms with Gasteiger partial charge in [0.1, 0.15) is 13.2 Å². The van der Waals surface area contributed by atoms with Gasteiger partial charge in [-0.3, -0.25) is 14.4 Å². The molecule has 0 radical (unpaired) electrons. The summed E-state index contributed by atoms with van der Waals surface area (Å²) >= 11 is 0. The van der Waals surface area contributed by atoms with Crippen molar-refractivity contribution < 1.29 is 28.6 Å². The molecule has 6 nitrogen and oxygen atoms in total. The van der Waals surface area contributed by atoms with Crippen molar-refractivity contribution >= 4 is 17.9 Å². The quantitative estimate of drug-likeness (QED) is 0.0262. The van der Waals surface area contributed by atoms with Crippen LogP contribution in [0.5, 0.6) is 0 Å². The second-order valence-corrected chi connectivity index (χ2v) is 18.4. The van der Waals surface area contributed by atoms with Crippen molar-refractivity contribution in [3.8, 4) is 0 Å². The Balaban J connectivity index is 4.52. The van der Waals surface area contributed by atoms with E-state index in [1.807, 2.05) is 0 Å². The number of unbranched alkanes of at least 4 members (excludes halogenated alkanes) is 19. The van der Waals surface area contributed by atoms with Gasteiger partial charge in [0.25, 0.3) is 0 Å². The predicted molar refractivity (Wildman–Crippen MR) is 302 cm³/mol. The highest BCUT2D eigenvalue weighted by atomic mass is 16.6. The predicted octanol–water partition coefficient (Wildman–Crippen LogP) is 19.3. The van der Waals surface area contributed by atoms with Crippen molar-refractivity contribution in [3.05, 3.63) is 122 Å². The van der Waals surface area contributed by atoms with E-state index in [1.54, 1.807) is 0 Å². The van der Waals surface area contributed by atoms with Crippen LogP contribution in [-0.4, -0.2) is 37.2 Å². The van der Waals surface area contributed by atoms with E-state index >= 15 is 0 Å². The van der Waals surface area contributed by atoms with Crippen LogP contribution < -0.4 is 0 Å². The molecule has 0 heterocycles. The van der Waals surface area contributed by atoms with E-state index in [-0.39, 0.29) is 31.1 Å². The summed E-state index contributed by atoms with van der Waals surface area (Å²) in [6.07, 6.45) is 79.0. The second-order valence-electron chi connectivity index (χ2n) is 18.4. The Kier molecular flexibility index (Phi) is 54.0. The smallest absolute Gasteiger partial charge is 0.306 e. The Morgan fingerprint density at radius 1 is 0.300 bits per heavy atom. The number of rotatable bonds is 50. The lowest BCUT2D eigenvalue weighted by Crippen LogP contribution is -2.30. The van der Waals surface area contributed by atoms with Gasteiger partial charge in [0.2, 0.25) is 0 Å². The van der Waals surface area contributed by atoms with E-state index in [2.05, 4.69) is 142 Å². The number of carbonyl (C=O) groups is 3. The molecule has 0 aromatic rings. The summed E-state index contributed by atoms with van der Waals surface area (Å²) in [6, 6.07) is 0. The van der Waals surface area contributed by atoms with E-state index in [0.717, 1.165) is 116 Å². The van der Waals surface area contributed by atoms with E-state index in [0.29, 0.717) is 25.7 Å². The van der Waals surface area contributed by atoms with Crippen LogP contribution in [0.2, 0.25) is 0 Å². The van der Waals surface area contributed by atoms with E-state index in [1.165, 1.54) is 83.5 Å². The molecule has 0 aliphatic rings. The van der Waals surface area contributed by atoms with Crippen LogP contribution in [-0.2, 0) is 28.6 Å². The first-order valence-corrected chi connectivity index (χ1v) is 28.5. The normalized spacial score (nSPS) is 13.0. The first-order chi connectivity index (χ1) is 34.5. The van der Waals surface area contributed by atoms with Crippen LogP contribution in [0, 0.1) is 0 Å². The van der Waals surface area contributed by atoms with Gasteiger partial charge in [-0.1, -0.05) is 219 Å². The molecule has 0 saturated heterocycles. The summed E-state index contributed by atoms with van der Waals surface area (Å²) in [4.78, 5) is 38.2. The highest BCUT2D eigenvalue weighted by molar-refractivity contribution is 5.71. The van der Waals surface area contributed by atoms with Crippen LogP contribution in [0.4, 0.5) is 0 Å². The van der Waals surface area contributed by atoms with Crippen molar-refractivity contribution in [1.82, 2.24) is 0 Å². The maximum Gasteiger partial charge on any atom is 0.306 e. The van der Waals surface area contributed by atoms with E-state index in [9.17, 15) is 14.4 Å². The lowest BCUT2D eigenvalue weighted by Gasteiger charge is -2.18. The monoisotopic (exact) mass is 969 g/mol. The molecule has 0 saturated carbocycles. The molecule has 0 aliphatic carbocycles. The summed E-state index contributed by atoms with van der Waals surface area (Å²) in [7, 11) is 0. The molecule has 0 rings (SSSR count). The summed E-state index contributed by atoms with van der Waals surface area (Å²) in [5.74, 6) is -0.990. The molecule has 1 unspecified atom stereocenters. The molecular weight excluding hydrogens is 865 g/mol. The fraction of sp³-hybridized carbons (Fsp3) is 0.641. The van der Waals surface area contributed by atoms with Crippen LogP contribution in [0.25, 0.3) is 0 Å². The Hall–Kier alpha value is -4.19. The first-order valence-electron chi connectivity index (χ1n) is 28.5. The van der Waals surface area contributed by atoms with Crippen molar-refractivity contribution in [2.24, 2.45) is 0 Å². The molecule has 70 heavy (non-hydrogen) atoms. The molecule has 0 amide bonds. The van der Waals surface area contributed by atoms with Gasteiger partial charge in [-0.25, -0.2) is 0 Å². The van der Waals surface area contributed by atoms with Crippen LogP contribution >= 0.6 is 0 Å². The van der Waals surface area contributed by atoms with Gasteiger partial charge in [-0.15, -0.1) is 0 Å². The molecule has 6 heteroatoms. The molecule has 0 aromatic heterocycles. The summed E-state index contributed by atoms with van der Waals surface area (Å²) in [6.45, 7) is 6.34. The number of ether oxygens (including phenoxy) is 3. The van der Waals surface area contributed by atoms with Crippen molar-refractivity contribution in [3.63, 3.8) is 0 Å². The molecule has 396 valence electrons. The highest BCUT2D eigenvalue weighted by Crippen LogP contribution is 2.14. The third-order valence-electron chi connectivity index (χ3n) is 11.7. The highest BCUT2D eigenvalue weighted by Gasteiger charge is 2.19. The SMILES string of the molecule is CC/C=C\C/C=C\C/C=C\C/C=C\C/C=C\CCCCCC(=O)OCC(COC(=O)CCCC/C=C\C/C=C\C/C=C\C/C=C\CC)OC(=O)CCCCCCCCC/C=C\CCCCCCCCC. The van der Waals surface area contributed by atoms with Gasteiger partial charge < -0.3 is 14.2 Å². The number of esters is 3. The van der Waals surface area contributed by atoms with Gasteiger partial charge >= 0.3 is 17.9 Å². The van der Waals surface area contributed by atoms with Crippen LogP contribution in [0.3, 0.4) is 0 Å². The molecule has 0 aromatic carbocycles. The fourth-order valence-electron chi connectivity index (χ4n) is 7.45. The lowest BCUT2D eigenvalue weighted by atomic mass is 10.1. The third kappa shape index (κ3) is 54.7. The van der Waals surface area contributed by atoms with Crippen molar-refractivity contribution in [2.45, 2.75) is 252 Å². The summed E-state index contributed by atoms with van der Waals surface area (Å²) in [5, 5.41) is 0. The zero-order chi connectivity index (χ0) is 50.7. The van der Waals surface area contributed by atoms with Gasteiger partial charge in [-0.2, -0.15) is 0 Å². The second kappa shape index (κ2) is 57.4. The van der Waals surface area contributed by atoms with E-state index < -0.39 is 6.10 Å². The number of hydrogen-bond donors (Lipinski definition) is 0. The van der Waals surface area contributed by atoms with Crippen LogP contribution in [0.1, 0.15) is 245 Å². The average molecular weight is 970 g/mol. The van der Waals surface area contributed by atoms with E-state index in [4.69, 9.17) is 14.2 Å². The maximum absolute atomic E-state index is 12.9. The molecule has 0 aliphatic heterocycles. The minimum atomic E-state index is -0.815. The Bertz CT molecular complexity index is 1490. The molecule has 0 fully saturated rings. The molecule has 0 N–H and O–H groups in total. The standard InChI is InChI=1S/C64H104O6/c1-4-7-10-13-16-19-22-25-28-30-32-34-36-39-42-45-48-51-54-57-63(66)69-60-61(59-68-62(65)56-53-50-47-44-41-38-35-27-24-21-18-15-12-9-6-3)70-64(67)58-55-52-49-46-43-40-37-33-31-29-26-23-20-17-14-11-8-5-2/h7,9-10,12,16,18-19,21,25,27-29,31-32,34-35,39,41-42,44,61H,4-6,8,11,13-15,17,20,22-24,26,30,33,36-38,40,43,45-60H2,1-3H3/b10-7-,12-9-,19-16-,21-18-,28-25-,31-29-,34-32-,35-27-,42-39-,44-41-. The van der Waals surface area contributed by atoms with Gasteiger partial charge in [0, 0.05) is 19.3 Å². The maximum atomic E-state index is 12.9. The van der Waals surface area contributed by atoms with Crippen molar-refractivity contribution in [1.29, 1.82) is 0 Å². The molecule has 0 bridgehead atoms. The topological polar surface area (TPSA) is 78.9 Å². The average Bonchev–Trinajstić information content (AvgIpc) is 3.36. The fourth-order valence-corrected chi connectivity index (χ4v) is 7.45. The van der Waals surface area contributed by atoms with Crippen LogP contribution in [0.15, 0.2) is 122 Å². The number of allylic oxidation sites excluding steroid dienone is 20. The minimum absolute atomic E-state index is 0.113. The largest absolute Gasteiger partial charge is 0.462 e.